The number of anilines is 2. The highest BCUT2D eigenvalue weighted by molar-refractivity contribution is 7.92. The first kappa shape index (κ1) is 27.1. The van der Waals surface area contributed by atoms with Crippen LogP contribution in [0.25, 0.3) is 0 Å². The summed E-state index contributed by atoms with van der Waals surface area (Å²) in [5.41, 5.74) is 2.82. The molecule has 9 nitrogen and oxygen atoms in total. The van der Waals surface area contributed by atoms with E-state index in [0.29, 0.717) is 29.8 Å². The summed E-state index contributed by atoms with van der Waals surface area (Å²) in [7, 11) is -3.94. The van der Waals surface area contributed by atoms with Crippen molar-refractivity contribution in [3.05, 3.63) is 124 Å². The highest BCUT2D eigenvalue weighted by Crippen LogP contribution is 2.32. The second-order valence-corrected chi connectivity index (χ2v) is 11.8. The number of ether oxygens (including phenoxy) is 1. The molecule has 4 aromatic rings. The SMILES string of the molecule is O=C(COC(=O)c1cccc(S(=O)(=O)N2CCCc3ccccc32)c1)Nc1ccc2c(c1)C(=O)c1ccccc1C2=O. The van der Waals surface area contributed by atoms with E-state index in [1.807, 2.05) is 12.1 Å². The molecule has 1 aliphatic carbocycles. The standard InChI is InChI=1S/C32H24N2O7S/c35-29(33-22-14-15-26-27(18-22)31(37)25-12-3-2-11-24(25)30(26)36)19-41-32(38)21-8-5-10-23(17-21)42(39,40)34-16-6-9-20-7-1-4-13-28(20)34/h1-5,7-8,10-15,17-18H,6,9,16,19H2,(H,33,35). The van der Waals surface area contributed by atoms with E-state index in [-0.39, 0.29) is 38.8 Å². The second-order valence-electron chi connectivity index (χ2n) is 9.93. The van der Waals surface area contributed by atoms with Crippen LogP contribution in [-0.4, -0.2) is 45.0 Å². The maximum Gasteiger partial charge on any atom is 0.338 e. The first-order valence-corrected chi connectivity index (χ1v) is 14.7. The van der Waals surface area contributed by atoms with Crippen molar-refractivity contribution >= 4 is 44.8 Å². The van der Waals surface area contributed by atoms with Crippen molar-refractivity contribution in [3.8, 4) is 0 Å². The van der Waals surface area contributed by atoms with Crippen LogP contribution in [0.5, 0.6) is 0 Å². The lowest BCUT2D eigenvalue weighted by Crippen LogP contribution is -2.35. The average molecular weight is 581 g/mol. The van der Waals surface area contributed by atoms with Gasteiger partial charge < -0.3 is 10.1 Å². The minimum absolute atomic E-state index is 0.0225. The van der Waals surface area contributed by atoms with Crippen LogP contribution >= 0.6 is 0 Å². The zero-order chi connectivity index (χ0) is 29.4. The summed E-state index contributed by atoms with van der Waals surface area (Å²) in [5, 5.41) is 2.56. The number of nitrogens with zero attached hydrogens (tertiary/aromatic N) is 1. The molecule has 4 aromatic carbocycles. The molecule has 1 amide bonds. The topological polar surface area (TPSA) is 127 Å². The van der Waals surface area contributed by atoms with Gasteiger partial charge in [0.05, 0.1) is 16.1 Å². The lowest BCUT2D eigenvalue weighted by atomic mass is 9.84. The van der Waals surface area contributed by atoms with Crippen LogP contribution in [0.15, 0.2) is 95.9 Å². The Morgan fingerprint density at radius 3 is 2.26 bits per heavy atom. The van der Waals surface area contributed by atoms with Gasteiger partial charge in [0.1, 0.15) is 0 Å². The lowest BCUT2D eigenvalue weighted by molar-refractivity contribution is -0.119. The van der Waals surface area contributed by atoms with Gasteiger partial charge in [-0.05, 0) is 60.9 Å². The molecule has 0 saturated carbocycles. The van der Waals surface area contributed by atoms with Crippen LogP contribution in [0.4, 0.5) is 11.4 Å². The summed E-state index contributed by atoms with van der Waals surface area (Å²) in [6.07, 6.45) is 1.46. The molecule has 6 rings (SSSR count). The molecule has 10 heteroatoms. The maximum absolute atomic E-state index is 13.5. The first-order valence-electron chi connectivity index (χ1n) is 13.2. The average Bonchev–Trinajstić information content (AvgIpc) is 3.02. The van der Waals surface area contributed by atoms with Gasteiger partial charge in [-0.2, -0.15) is 0 Å². The molecule has 1 aliphatic heterocycles. The summed E-state index contributed by atoms with van der Waals surface area (Å²) in [6.45, 7) is -0.328. The third-order valence-electron chi connectivity index (χ3n) is 7.27. The van der Waals surface area contributed by atoms with Gasteiger partial charge >= 0.3 is 5.97 Å². The Bertz CT molecular complexity index is 1900. The number of rotatable bonds is 6. The Morgan fingerprint density at radius 1 is 0.786 bits per heavy atom. The first-order chi connectivity index (χ1) is 20.2. The van der Waals surface area contributed by atoms with Crippen LogP contribution in [0, 0.1) is 0 Å². The zero-order valence-electron chi connectivity index (χ0n) is 22.2. The molecule has 2 aliphatic rings. The van der Waals surface area contributed by atoms with Gasteiger partial charge in [-0.25, -0.2) is 13.2 Å². The Hall–Kier alpha value is -5.09. The number of amides is 1. The smallest absolute Gasteiger partial charge is 0.338 e. The summed E-state index contributed by atoms with van der Waals surface area (Å²) in [4.78, 5) is 51.0. The minimum atomic E-state index is -3.94. The number of nitrogens with one attached hydrogen (secondary N) is 1. The maximum atomic E-state index is 13.5. The fourth-order valence-corrected chi connectivity index (χ4v) is 6.84. The van der Waals surface area contributed by atoms with E-state index in [9.17, 15) is 27.6 Å². The summed E-state index contributed by atoms with van der Waals surface area (Å²) >= 11 is 0. The summed E-state index contributed by atoms with van der Waals surface area (Å²) in [5.74, 6) is -2.15. The van der Waals surface area contributed by atoms with E-state index in [0.717, 1.165) is 12.0 Å². The van der Waals surface area contributed by atoms with Crippen LogP contribution in [0.1, 0.15) is 54.2 Å². The van der Waals surface area contributed by atoms with E-state index < -0.39 is 28.5 Å². The quantitative estimate of drug-likeness (QED) is 0.295. The number of sulfonamides is 1. The van der Waals surface area contributed by atoms with Crippen LogP contribution in [0.2, 0.25) is 0 Å². The molecular weight excluding hydrogens is 556 g/mol. The summed E-state index contributed by atoms with van der Waals surface area (Å²) < 4.78 is 33.4. The molecule has 0 unspecified atom stereocenters. The van der Waals surface area contributed by atoms with E-state index in [2.05, 4.69) is 5.32 Å². The minimum Gasteiger partial charge on any atom is -0.452 e. The van der Waals surface area contributed by atoms with Gasteiger partial charge in [-0.3, -0.25) is 18.7 Å². The number of carbonyl (C=O) groups is 4. The molecular formula is C32H24N2O7S. The van der Waals surface area contributed by atoms with Crippen molar-refractivity contribution in [1.29, 1.82) is 0 Å². The van der Waals surface area contributed by atoms with Crippen LogP contribution < -0.4 is 9.62 Å². The third-order valence-corrected chi connectivity index (χ3v) is 9.08. The van der Waals surface area contributed by atoms with Crippen molar-refractivity contribution < 1.29 is 32.3 Å². The van der Waals surface area contributed by atoms with E-state index >= 15 is 0 Å². The molecule has 0 fully saturated rings. The Kier molecular flexibility index (Phi) is 6.91. The van der Waals surface area contributed by atoms with Crippen LogP contribution in [-0.2, 0) is 26.0 Å². The number of para-hydroxylation sites is 1. The lowest BCUT2D eigenvalue weighted by Gasteiger charge is -2.30. The van der Waals surface area contributed by atoms with Gasteiger partial charge in [0.15, 0.2) is 18.2 Å². The molecule has 0 atom stereocenters. The van der Waals surface area contributed by atoms with Crippen molar-refractivity contribution in [2.24, 2.45) is 0 Å². The van der Waals surface area contributed by atoms with Crippen LogP contribution in [0.3, 0.4) is 0 Å². The number of hydrogen-bond acceptors (Lipinski definition) is 7. The van der Waals surface area contributed by atoms with Gasteiger partial charge in [0.2, 0.25) is 0 Å². The highest BCUT2D eigenvalue weighted by atomic mass is 32.2. The summed E-state index contributed by atoms with van der Waals surface area (Å²) in [6, 6.07) is 23.7. The second kappa shape index (κ2) is 10.7. The van der Waals surface area contributed by atoms with Gasteiger partial charge in [0.25, 0.3) is 15.9 Å². The number of fused-ring (bicyclic) bond motifs is 3. The molecule has 0 bridgehead atoms. The fraction of sp³-hybridized carbons (Fsp3) is 0.125. The molecule has 0 radical (unpaired) electrons. The molecule has 0 spiro atoms. The molecule has 1 heterocycles. The normalized spacial score (nSPS) is 14.0. The number of carbonyl (C=O) groups excluding carboxylic acids is 4. The number of esters is 1. The Morgan fingerprint density at radius 2 is 1.48 bits per heavy atom. The fourth-order valence-electron chi connectivity index (χ4n) is 5.25. The third kappa shape index (κ3) is 4.86. The predicted molar refractivity (Wildman–Crippen MR) is 154 cm³/mol. The molecule has 0 saturated heterocycles. The number of aryl methyl sites for hydroxylation is 1. The van der Waals surface area contributed by atoms with Crippen molar-refractivity contribution in [1.82, 2.24) is 0 Å². The zero-order valence-corrected chi connectivity index (χ0v) is 23.0. The molecule has 42 heavy (non-hydrogen) atoms. The Balaban J connectivity index is 1.13. The number of ketones is 2. The Labute approximate surface area is 241 Å². The number of benzene rings is 4. The predicted octanol–water partition coefficient (Wildman–Crippen LogP) is 4.40. The van der Waals surface area contributed by atoms with E-state index in [1.165, 1.54) is 46.8 Å². The van der Waals surface area contributed by atoms with Gasteiger partial charge in [0, 0.05) is 34.5 Å². The van der Waals surface area contributed by atoms with Crippen molar-refractivity contribution in [2.45, 2.75) is 17.7 Å². The van der Waals surface area contributed by atoms with E-state index in [1.54, 1.807) is 36.4 Å². The van der Waals surface area contributed by atoms with Crippen molar-refractivity contribution in [2.75, 3.05) is 22.8 Å². The number of hydrogen-bond donors (Lipinski definition) is 1. The monoisotopic (exact) mass is 580 g/mol. The molecule has 1 N–H and O–H groups in total. The highest BCUT2D eigenvalue weighted by Gasteiger charge is 2.31. The molecule has 0 aromatic heterocycles. The molecule has 210 valence electrons. The van der Waals surface area contributed by atoms with Crippen molar-refractivity contribution in [3.63, 3.8) is 0 Å². The van der Waals surface area contributed by atoms with E-state index in [4.69, 9.17) is 4.74 Å². The van der Waals surface area contributed by atoms with Gasteiger partial charge in [-0.15, -0.1) is 0 Å². The van der Waals surface area contributed by atoms with Gasteiger partial charge in [-0.1, -0.05) is 48.5 Å². The largest absolute Gasteiger partial charge is 0.452 e.